The summed E-state index contributed by atoms with van der Waals surface area (Å²) in [7, 11) is 0. The number of carbonyl (C=O) groups is 1. The molecule has 2 N–H and O–H groups in total. The number of aryl methyl sites for hydroxylation is 1. The Kier molecular flexibility index (Phi) is 5.99. The third-order valence-electron chi connectivity index (χ3n) is 4.63. The van der Waals surface area contributed by atoms with E-state index < -0.39 is 11.7 Å². The van der Waals surface area contributed by atoms with Gasteiger partial charge in [0.25, 0.3) is 5.91 Å². The molecule has 2 heterocycles. The molecule has 7 nitrogen and oxygen atoms in total. The lowest BCUT2D eigenvalue weighted by molar-refractivity contribution is -0.137. The number of anilines is 1. The number of aromatic nitrogens is 4. The summed E-state index contributed by atoms with van der Waals surface area (Å²) in [6.07, 6.45) is -4.41. The van der Waals surface area contributed by atoms with Crippen molar-refractivity contribution in [1.29, 1.82) is 0 Å². The first kappa shape index (κ1) is 21.6. The van der Waals surface area contributed by atoms with Crippen molar-refractivity contribution >= 4 is 34.2 Å². The summed E-state index contributed by atoms with van der Waals surface area (Å²) < 4.78 is 42.7. The van der Waals surface area contributed by atoms with Gasteiger partial charge in [-0.05, 0) is 48.3 Å². The van der Waals surface area contributed by atoms with Crippen molar-refractivity contribution in [3.63, 3.8) is 0 Å². The summed E-state index contributed by atoms with van der Waals surface area (Å²) in [4.78, 5) is 21.7. The third-order valence-corrected chi connectivity index (χ3v) is 5.46. The molecule has 0 aliphatic heterocycles. The van der Waals surface area contributed by atoms with Gasteiger partial charge in [0, 0.05) is 11.9 Å². The van der Waals surface area contributed by atoms with Crippen LogP contribution in [0.1, 0.15) is 32.3 Å². The van der Waals surface area contributed by atoms with E-state index in [1.54, 1.807) is 19.1 Å². The second-order valence-electron chi connectivity index (χ2n) is 6.93. The predicted octanol–water partition coefficient (Wildman–Crippen LogP) is 4.35. The van der Waals surface area contributed by atoms with Gasteiger partial charge in [0.15, 0.2) is 5.82 Å². The van der Waals surface area contributed by atoms with Crippen molar-refractivity contribution in [2.75, 3.05) is 5.32 Å². The van der Waals surface area contributed by atoms with Gasteiger partial charge in [-0.2, -0.15) is 13.2 Å². The van der Waals surface area contributed by atoms with Gasteiger partial charge in [0.1, 0.15) is 10.7 Å². The summed E-state index contributed by atoms with van der Waals surface area (Å²) in [5, 5.41) is 10.4. The Morgan fingerprint density at radius 3 is 2.62 bits per heavy atom. The molecule has 0 unspecified atom stereocenters. The van der Waals surface area contributed by atoms with Crippen LogP contribution < -0.4 is 10.6 Å². The van der Waals surface area contributed by atoms with Gasteiger partial charge in [-0.1, -0.05) is 28.8 Å². The molecule has 1 amide bonds. The van der Waals surface area contributed by atoms with E-state index in [-0.39, 0.29) is 19.0 Å². The monoisotopic (exact) mass is 458 g/mol. The summed E-state index contributed by atoms with van der Waals surface area (Å²) in [5.74, 6) is 0.499. The van der Waals surface area contributed by atoms with Crippen LogP contribution in [-0.4, -0.2) is 25.5 Å². The van der Waals surface area contributed by atoms with Crippen molar-refractivity contribution in [2.45, 2.75) is 26.2 Å². The van der Waals surface area contributed by atoms with Crippen LogP contribution in [0, 0.1) is 6.92 Å². The van der Waals surface area contributed by atoms with E-state index in [4.69, 9.17) is 0 Å². The molecule has 0 spiro atoms. The second kappa shape index (κ2) is 8.87. The molecule has 0 aliphatic rings. The van der Waals surface area contributed by atoms with Crippen LogP contribution in [0.25, 0.3) is 10.9 Å². The molecule has 0 fully saturated rings. The Balaban J connectivity index is 1.55. The molecule has 4 rings (SSSR count). The molecule has 0 saturated carbocycles. The van der Waals surface area contributed by atoms with Crippen LogP contribution in [-0.2, 0) is 19.3 Å². The van der Waals surface area contributed by atoms with Crippen molar-refractivity contribution in [2.24, 2.45) is 0 Å². The molecule has 164 valence electrons. The Morgan fingerprint density at radius 1 is 1.06 bits per heavy atom. The highest BCUT2D eigenvalue weighted by atomic mass is 32.1. The lowest BCUT2D eigenvalue weighted by Gasteiger charge is -2.13. The topological polar surface area (TPSA) is 92.7 Å². The largest absolute Gasteiger partial charge is 0.416 e. The van der Waals surface area contributed by atoms with Crippen LogP contribution in [0.4, 0.5) is 19.0 Å². The van der Waals surface area contributed by atoms with Crippen molar-refractivity contribution in [3.05, 3.63) is 76.1 Å². The highest BCUT2D eigenvalue weighted by Crippen LogP contribution is 2.30. The number of amides is 1. The maximum atomic E-state index is 13.0. The first-order valence-corrected chi connectivity index (χ1v) is 10.3. The number of rotatable bonds is 6. The number of alkyl halides is 3. The van der Waals surface area contributed by atoms with Crippen LogP contribution in [0.5, 0.6) is 0 Å². The van der Waals surface area contributed by atoms with E-state index in [2.05, 4.69) is 30.2 Å². The van der Waals surface area contributed by atoms with Gasteiger partial charge < -0.3 is 10.6 Å². The predicted molar refractivity (Wildman–Crippen MR) is 114 cm³/mol. The highest BCUT2D eigenvalue weighted by Gasteiger charge is 2.30. The summed E-state index contributed by atoms with van der Waals surface area (Å²) in [6, 6.07) is 12.4. The minimum Gasteiger partial charge on any atom is -0.365 e. The van der Waals surface area contributed by atoms with Gasteiger partial charge >= 0.3 is 6.18 Å². The standard InChI is InChI=1S/C21H17F3N6OS/c1-12-18(32-30-29-12)20(31)26-11-17-27-16-8-3-2-7-15(16)19(28-17)25-10-13-5-4-6-14(9-13)21(22,23)24/h2-9H,10-11H2,1H3,(H,26,31)(H,25,27,28). The molecule has 4 aromatic rings. The van der Waals surface area contributed by atoms with Gasteiger partial charge in [-0.15, -0.1) is 5.10 Å². The number of halogens is 3. The number of benzene rings is 2. The molecule has 0 bridgehead atoms. The van der Waals surface area contributed by atoms with Gasteiger partial charge in [-0.25, -0.2) is 9.97 Å². The van der Waals surface area contributed by atoms with Gasteiger partial charge in [0.05, 0.1) is 23.3 Å². The van der Waals surface area contributed by atoms with Gasteiger partial charge in [0.2, 0.25) is 0 Å². The number of nitrogens with one attached hydrogen (secondary N) is 2. The average Bonchev–Trinajstić information content (AvgIpc) is 3.21. The smallest absolute Gasteiger partial charge is 0.365 e. The van der Waals surface area contributed by atoms with Crippen molar-refractivity contribution in [3.8, 4) is 0 Å². The molecule has 0 atom stereocenters. The molecule has 2 aromatic heterocycles. The second-order valence-corrected chi connectivity index (χ2v) is 7.68. The van der Waals surface area contributed by atoms with Crippen LogP contribution in [0.2, 0.25) is 0 Å². The molecule has 0 radical (unpaired) electrons. The molecule has 2 aromatic carbocycles. The van der Waals surface area contributed by atoms with Crippen LogP contribution in [0.3, 0.4) is 0 Å². The van der Waals surface area contributed by atoms with Crippen molar-refractivity contribution < 1.29 is 18.0 Å². The Hall–Kier alpha value is -3.60. The maximum absolute atomic E-state index is 13.0. The number of fused-ring (bicyclic) bond motifs is 1. The van der Waals surface area contributed by atoms with E-state index in [1.165, 1.54) is 6.07 Å². The fourth-order valence-corrected chi connectivity index (χ4v) is 3.63. The maximum Gasteiger partial charge on any atom is 0.416 e. The van der Waals surface area contributed by atoms with Crippen molar-refractivity contribution in [1.82, 2.24) is 24.9 Å². The fourth-order valence-electron chi connectivity index (χ4n) is 3.06. The normalized spacial score (nSPS) is 11.5. The molecular weight excluding hydrogens is 441 g/mol. The molecule has 32 heavy (non-hydrogen) atoms. The zero-order chi connectivity index (χ0) is 22.7. The summed E-state index contributed by atoms with van der Waals surface area (Å²) in [5.41, 5.74) is 0.940. The minimum absolute atomic E-state index is 0.0687. The Bertz CT molecular complexity index is 1270. The fraction of sp³-hybridized carbons (Fsp3) is 0.190. The van der Waals surface area contributed by atoms with E-state index in [1.807, 2.05) is 18.2 Å². The molecule has 0 aliphatic carbocycles. The lowest BCUT2D eigenvalue weighted by Crippen LogP contribution is -2.24. The third kappa shape index (κ3) is 4.83. The first-order valence-electron chi connectivity index (χ1n) is 9.54. The van der Waals surface area contributed by atoms with Gasteiger partial charge in [-0.3, -0.25) is 4.79 Å². The number of hydrogen-bond acceptors (Lipinski definition) is 7. The zero-order valence-electron chi connectivity index (χ0n) is 16.8. The van der Waals surface area contributed by atoms with E-state index in [0.717, 1.165) is 29.1 Å². The molecule has 11 heteroatoms. The summed E-state index contributed by atoms with van der Waals surface area (Å²) >= 11 is 1.00. The lowest BCUT2D eigenvalue weighted by atomic mass is 10.1. The van der Waals surface area contributed by atoms with Crippen LogP contribution in [0.15, 0.2) is 48.5 Å². The van der Waals surface area contributed by atoms with Crippen LogP contribution >= 0.6 is 11.5 Å². The molecule has 0 saturated heterocycles. The van der Waals surface area contributed by atoms with E-state index >= 15 is 0 Å². The van der Waals surface area contributed by atoms with E-state index in [0.29, 0.717) is 33.3 Å². The number of para-hydroxylation sites is 1. The first-order chi connectivity index (χ1) is 15.3. The highest BCUT2D eigenvalue weighted by molar-refractivity contribution is 7.07. The van der Waals surface area contributed by atoms with E-state index in [9.17, 15) is 18.0 Å². The Labute approximate surface area is 184 Å². The zero-order valence-corrected chi connectivity index (χ0v) is 17.6. The number of nitrogens with zero attached hydrogens (tertiary/aromatic N) is 4. The average molecular weight is 458 g/mol. The number of hydrogen-bond donors (Lipinski definition) is 2. The summed E-state index contributed by atoms with van der Waals surface area (Å²) in [6.45, 7) is 1.91. The molecular formula is C21H17F3N6OS. The number of carbonyl (C=O) groups excluding carboxylic acids is 1. The Morgan fingerprint density at radius 2 is 1.88 bits per heavy atom. The SMILES string of the molecule is Cc1nnsc1C(=O)NCc1nc(NCc2cccc(C(F)(F)F)c2)c2ccccc2n1. The quantitative estimate of drug-likeness (QED) is 0.446. The minimum atomic E-state index is -4.41.